The van der Waals surface area contributed by atoms with E-state index in [0.29, 0.717) is 0 Å². The summed E-state index contributed by atoms with van der Waals surface area (Å²) in [5.41, 5.74) is -0.0825. The molecule has 1 atom stereocenters. The van der Waals surface area contributed by atoms with Crippen LogP contribution in [0.15, 0.2) is 12.1 Å². The Balaban J connectivity index is 0.00000200. The Morgan fingerprint density at radius 1 is 1.38 bits per heavy atom. The Bertz CT molecular complexity index is 499. The van der Waals surface area contributed by atoms with Crippen LogP contribution < -0.4 is 5.32 Å². The molecule has 0 amide bonds. The van der Waals surface area contributed by atoms with Crippen molar-refractivity contribution in [2.45, 2.75) is 13.0 Å². The number of nitro benzene ring substituents is 1. The highest BCUT2D eigenvalue weighted by Gasteiger charge is 2.25. The summed E-state index contributed by atoms with van der Waals surface area (Å²) in [5, 5.41) is 23.7. The molecule has 2 N–H and O–H groups in total. The number of hydrogen-bond donors (Lipinski definition) is 2. The second-order valence-electron chi connectivity index (χ2n) is 4.58. The highest BCUT2D eigenvalue weighted by molar-refractivity contribution is 5.85. The molecule has 6 nitrogen and oxygen atoms in total. The Labute approximate surface area is 134 Å². The van der Waals surface area contributed by atoms with E-state index in [1.165, 1.54) is 6.07 Å². The largest absolute Gasteiger partial charge is 0.505 e. The van der Waals surface area contributed by atoms with Gasteiger partial charge in [0.25, 0.3) is 5.69 Å². The normalized spacial score (nSPS) is 16.5. The number of hydrogen-bond acceptors (Lipinski definition) is 5. The minimum Gasteiger partial charge on any atom is -0.505 e. The molecule has 0 unspecified atom stereocenters. The van der Waals surface area contributed by atoms with Crippen molar-refractivity contribution in [3.63, 3.8) is 0 Å². The first-order valence-corrected chi connectivity index (χ1v) is 6.12. The van der Waals surface area contributed by atoms with E-state index in [1.54, 1.807) is 0 Å². The molecule has 9 heteroatoms. The number of nitrogens with one attached hydrogen (secondary N) is 1. The molecule has 0 radical (unpaired) electrons. The van der Waals surface area contributed by atoms with Crippen LogP contribution in [0.2, 0.25) is 0 Å². The van der Waals surface area contributed by atoms with Crippen molar-refractivity contribution in [2.75, 3.05) is 26.2 Å². The zero-order valence-electron chi connectivity index (χ0n) is 11.4. The maximum atomic E-state index is 13.5. The molecule has 0 aromatic heterocycles. The lowest BCUT2D eigenvalue weighted by atomic mass is 10.0. The van der Waals surface area contributed by atoms with Crippen LogP contribution in [0, 0.1) is 15.9 Å². The molecule has 0 bridgehead atoms. The predicted octanol–water partition coefficient (Wildman–Crippen LogP) is 2.25. The van der Waals surface area contributed by atoms with E-state index in [9.17, 15) is 19.6 Å². The SMILES string of the molecule is C[C@H](c1cc([N+](=O)[O-])cc(F)c1O)N1CCNCC1.Cl.Cl. The Hall–Kier alpha value is -1.15. The Kier molecular flexibility index (Phi) is 7.87. The smallest absolute Gasteiger partial charge is 0.272 e. The van der Waals surface area contributed by atoms with Gasteiger partial charge in [0.05, 0.1) is 11.0 Å². The monoisotopic (exact) mass is 341 g/mol. The van der Waals surface area contributed by atoms with Gasteiger partial charge in [-0.3, -0.25) is 15.0 Å². The van der Waals surface area contributed by atoms with Gasteiger partial charge in [-0.25, -0.2) is 4.39 Å². The highest BCUT2D eigenvalue weighted by Crippen LogP contribution is 2.34. The van der Waals surface area contributed by atoms with E-state index in [-0.39, 0.29) is 42.1 Å². The number of non-ortho nitro benzene ring substituents is 1. The average molecular weight is 342 g/mol. The quantitative estimate of drug-likeness (QED) is 0.651. The molecule has 21 heavy (non-hydrogen) atoms. The van der Waals surface area contributed by atoms with Crippen LogP contribution in [0.1, 0.15) is 18.5 Å². The van der Waals surface area contributed by atoms with E-state index < -0.39 is 16.5 Å². The molecule has 1 aromatic rings. The second kappa shape index (κ2) is 8.33. The minimum absolute atomic E-state index is 0. The number of piperazine rings is 1. The third kappa shape index (κ3) is 4.41. The zero-order chi connectivity index (χ0) is 14.0. The fraction of sp³-hybridized carbons (Fsp3) is 0.500. The number of phenols is 1. The second-order valence-corrected chi connectivity index (χ2v) is 4.58. The molecular weight excluding hydrogens is 324 g/mol. The van der Waals surface area contributed by atoms with Gasteiger partial charge in [-0.05, 0) is 6.92 Å². The maximum Gasteiger partial charge on any atom is 0.272 e. The summed E-state index contributed by atoms with van der Waals surface area (Å²) in [5.74, 6) is -1.46. The van der Waals surface area contributed by atoms with E-state index in [0.717, 1.165) is 32.2 Å². The van der Waals surface area contributed by atoms with Crippen molar-refractivity contribution in [3.8, 4) is 5.75 Å². The predicted molar refractivity (Wildman–Crippen MR) is 82.1 cm³/mol. The topological polar surface area (TPSA) is 78.6 Å². The van der Waals surface area contributed by atoms with Gasteiger partial charge in [0.15, 0.2) is 11.6 Å². The number of nitrogens with zero attached hydrogens (tertiary/aromatic N) is 2. The number of phenolic OH excluding ortho intramolecular Hbond substituents is 1. The van der Waals surface area contributed by atoms with E-state index in [2.05, 4.69) is 10.2 Å². The highest BCUT2D eigenvalue weighted by atomic mass is 35.5. The third-order valence-electron chi connectivity index (χ3n) is 3.44. The van der Waals surface area contributed by atoms with Gasteiger partial charge >= 0.3 is 0 Å². The first-order valence-electron chi connectivity index (χ1n) is 6.12. The fourth-order valence-corrected chi connectivity index (χ4v) is 2.30. The summed E-state index contributed by atoms with van der Waals surface area (Å²) in [7, 11) is 0. The summed E-state index contributed by atoms with van der Waals surface area (Å²) >= 11 is 0. The minimum atomic E-state index is -0.953. The summed E-state index contributed by atoms with van der Waals surface area (Å²) in [6.45, 7) is 4.93. The van der Waals surface area contributed by atoms with Crippen LogP contribution in [0.25, 0.3) is 0 Å². The maximum absolute atomic E-state index is 13.5. The van der Waals surface area contributed by atoms with Crippen molar-refractivity contribution in [3.05, 3.63) is 33.6 Å². The Morgan fingerprint density at radius 2 is 1.95 bits per heavy atom. The van der Waals surface area contributed by atoms with Gasteiger partial charge in [0, 0.05) is 43.9 Å². The lowest BCUT2D eigenvalue weighted by Crippen LogP contribution is -2.44. The Morgan fingerprint density at radius 3 is 2.48 bits per heavy atom. The summed E-state index contributed by atoms with van der Waals surface area (Å²) in [6, 6.07) is 1.71. The third-order valence-corrected chi connectivity index (χ3v) is 3.44. The first-order chi connectivity index (χ1) is 9.00. The summed E-state index contributed by atoms with van der Waals surface area (Å²) < 4.78 is 13.5. The molecule has 120 valence electrons. The van der Waals surface area contributed by atoms with E-state index >= 15 is 0 Å². The standard InChI is InChI=1S/C12H16FN3O3.2ClH/c1-8(15-4-2-14-3-5-15)10-6-9(16(18)19)7-11(13)12(10)17;;/h6-8,14,17H,2-5H2,1H3;2*1H/t8-;;/m1../s1. The zero-order valence-corrected chi connectivity index (χ0v) is 13.0. The van der Waals surface area contributed by atoms with Crippen molar-refractivity contribution in [1.82, 2.24) is 10.2 Å². The van der Waals surface area contributed by atoms with Gasteiger partial charge in [-0.1, -0.05) is 0 Å². The summed E-state index contributed by atoms with van der Waals surface area (Å²) in [6.07, 6.45) is 0. The van der Waals surface area contributed by atoms with Gasteiger partial charge in [-0.2, -0.15) is 0 Å². The van der Waals surface area contributed by atoms with Gasteiger partial charge in [0.1, 0.15) is 0 Å². The van der Waals surface area contributed by atoms with Gasteiger partial charge in [0.2, 0.25) is 0 Å². The molecule has 1 aromatic carbocycles. The molecule has 1 saturated heterocycles. The first kappa shape index (κ1) is 19.9. The molecule has 1 aliphatic heterocycles. The van der Waals surface area contributed by atoms with Gasteiger partial charge < -0.3 is 10.4 Å². The number of halogens is 3. The van der Waals surface area contributed by atoms with E-state index in [4.69, 9.17) is 0 Å². The lowest BCUT2D eigenvalue weighted by Gasteiger charge is -2.33. The van der Waals surface area contributed by atoms with Crippen LogP contribution in [-0.2, 0) is 0 Å². The molecule has 1 heterocycles. The lowest BCUT2D eigenvalue weighted by molar-refractivity contribution is -0.385. The number of benzene rings is 1. The van der Waals surface area contributed by atoms with Gasteiger partial charge in [-0.15, -0.1) is 24.8 Å². The number of aromatic hydroxyl groups is 1. The summed E-state index contributed by atoms with van der Waals surface area (Å²) in [4.78, 5) is 12.1. The molecule has 0 saturated carbocycles. The molecule has 0 spiro atoms. The number of rotatable bonds is 3. The van der Waals surface area contributed by atoms with Crippen molar-refractivity contribution < 1.29 is 14.4 Å². The molecule has 2 rings (SSSR count). The molecule has 0 aliphatic carbocycles. The van der Waals surface area contributed by atoms with Crippen LogP contribution in [0.3, 0.4) is 0 Å². The van der Waals surface area contributed by atoms with Crippen LogP contribution >= 0.6 is 24.8 Å². The molecular formula is C12H18Cl2FN3O3. The molecule has 1 aliphatic rings. The van der Waals surface area contributed by atoms with Crippen LogP contribution in [0.4, 0.5) is 10.1 Å². The molecule has 1 fully saturated rings. The van der Waals surface area contributed by atoms with Crippen LogP contribution in [-0.4, -0.2) is 41.1 Å². The van der Waals surface area contributed by atoms with Crippen molar-refractivity contribution in [1.29, 1.82) is 0 Å². The van der Waals surface area contributed by atoms with E-state index in [1.807, 2.05) is 6.92 Å². The van der Waals surface area contributed by atoms with Crippen molar-refractivity contribution in [2.24, 2.45) is 0 Å². The average Bonchev–Trinajstić information content (AvgIpc) is 2.41. The fourth-order valence-electron chi connectivity index (χ4n) is 2.30. The van der Waals surface area contributed by atoms with Crippen LogP contribution in [0.5, 0.6) is 5.75 Å². The van der Waals surface area contributed by atoms with Crippen molar-refractivity contribution >= 4 is 30.5 Å². The number of nitro groups is 1.